The van der Waals surface area contributed by atoms with Gasteiger partial charge in [-0.05, 0) is 37.6 Å². The number of hydrogen-bond acceptors (Lipinski definition) is 6. The first-order chi connectivity index (χ1) is 14.0. The van der Waals surface area contributed by atoms with Crippen molar-refractivity contribution in [1.82, 2.24) is 14.5 Å². The molecule has 3 heterocycles. The summed E-state index contributed by atoms with van der Waals surface area (Å²) in [6.45, 7) is 3.15. The fourth-order valence-electron chi connectivity index (χ4n) is 3.25. The number of alkyl halides is 3. The smallest absolute Gasteiger partial charge is 0.390 e. The van der Waals surface area contributed by atoms with E-state index in [9.17, 15) is 23.1 Å². The van der Waals surface area contributed by atoms with Gasteiger partial charge in [0.1, 0.15) is 16.2 Å². The fraction of sp³-hybridized carbons (Fsp3) is 0.316. The van der Waals surface area contributed by atoms with Crippen molar-refractivity contribution in [2.45, 2.75) is 32.2 Å². The van der Waals surface area contributed by atoms with Gasteiger partial charge in [-0.15, -0.1) is 11.3 Å². The Morgan fingerprint density at radius 2 is 2.03 bits per heavy atom. The maximum atomic E-state index is 12.9. The zero-order chi connectivity index (χ0) is 22.3. The van der Waals surface area contributed by atoms with Crippen LogP contribution in [-0.2, 0) is 18.3 Å². The molecule has 0 aliphatic heterocycles. The summed E-state index contributed by atoms with van der Waals surface area (Å²) in [5, 5.41) is 11.5. The molecule has 1 atom stereocenters. The minimum absolute atomic E-state index is 0.00736. The van der Waals surface area contributed by atoms with Crippen molar-refractivity contribution in [3.8, 4) is 11.4 Å². The SMILES string of the molecule is Cc1cc(-c2ccc(C(F)(F)F)cn2)n(C(C)(CN)c2nc(CO)cs2)c1C(N)=O. The molecule has 0 bridgehead atoms. The summed E-state index contributed by atoms with van der Waals surface area (Å²) in [6, 6.07) is 3.78. The van der Waals surface area contributed by atoms with Crippen LogP contribution in [0.3, 0.4) is 0 Å². The lowest BCUT2D eigenvalue weighted by atomic mass is 10.0. The van der Waals surface area contributed by atoms with Crippen molar-refractivity contribution >= 4 is 17.2 Å². The summed E-state index contributed by atoms with van der Waals surface area (Å²) in [5.74, 6) is -0.718. The van der Waals surface area contributed by atoms with E-state index < -0.39 is 23.2 Å². The summed E-state index contributed by atoms with van der Waals surface area (Å²) in [4.78, 5) is 20.6. The first-order valence-electron chi connectivity index (χ1n) is 8.85. The van der Waals surface area contributed by atoms with E-state index in [2.05, 4.69) is 9.97 Å². The summed E-state index contributed by atoms with van der Waals surface area (Å²) in [5.41, 5.74) is 11.5. The van der Waals surface area contributed by atoms with Gasteiger partial charge in [0.25, 0.3) is 5.91 Å². The Balaban J connectivity index is 2.26. The van der Waals surface area contributed by atoms with Crippen LogP contribution in [0.2, 0.25) is 0 Å². The Kier molecular flexibility index (Phi) is 5.72. The van der Waals surface area contributed by atoms with Crippen LogP contribution in [0.5, 0.6) is 0 Å². The minimum atomic E-state index is -4.52. The Morgan fingerprint density at radius 1 is 1.33 bits per heavy atom. The Labute approximate surface area is 174 Å². The monoisotopic (exact) mass is 439 g/mol. The Bertz CT molecular complexity index is 1080. The highest BCUT2D eigenvalue weighted by Gasteiger charge is 2.37. The number of aromatic nitrogens is 3. The van der Waals surface area contributed by atoms with Crippen LogP contribution >= 0.6 is 11.3 Å². The number of hydrogen-bond donors (Lipinski definition) is 3. The molecule has 0 fully saturated rings. The molecule has 0 saturated carbocycles. The van der Waals surface area contributed by atoms with Crippen molar-refractivity contribution in [2.75, 3.05) is 6.54 Å². The van der Waals surface area contributed by atoms with Crippen LogP contribution in [0.4, 0.5) is 13.2 Å². The molecule has 7 nitrogen and oxygen atoms in total. The van der Waals surface area contributed by atoms with Gasteiger partial charge < -0.3 is 21.1 Å². The predicted octanol–water partition coefficient (Wildman–Crippen LogP) is 2.65. The summed E-state index contributed by atoms with van der Waals surface area (Å²) >= 11 is 1.25. The highest BCUT2D eigenvalue weighted by Crippen LogP contribution is 2.37. The van der Waals surface area contributed by atoms with Crippen LogP contribution in [0.1, 0.15) is 39.2 Å². The molecule has 0 radical (unpaired) electrons. The van der Waals surface area contributed by atoms with Crippen molar-refractivity contribution < 1.29 is 23.1 Å². The molecule has 11 heteroatoms. The average Bonchev–Trinajstić information content (AvgIpc) is 3.32. The number of rotatable bonds is 6. The highest BCUT2D eigenvalue weighted by atomic mass is 32.1. The standard InChI is InChI=1S/C19H20F3N5O2S/c1-10-5-14(13-4-3-11(6-25-13)19(20,21)22)27(15(10)16(24)29)18(2,9-23)17-26-12(7-28)8-30-17/h3-6,8,28H,7,9,23H2,1-2H3,(H2,24,29). The van der Waals surface area contributed by atoms with Crippen molar-refractivity contribution in [2.24, 2.45) is 11.5 Å². The highest BCUT2D eigenvalue weighted by molar-refractivity contribution is 7.09. The van der Waals surface area contributed by atoms with Crippen molar-refractivity contribution in [1.29, 1.82) is 0 Å². The topological polar surface area (TPSA) is 120 Å². The zero-order valence-electron chi connectivity index (χ0n) is 16.2. The molecular weight excluding hydrogens is 419 g/mol. The third-order valence-corrected chi connectivity index (χ3v) is 5.99. The second-order valence-electron chi connectivity index (χ2n) is 6.97. The molecule has 0 saturated heterocycles. The molecule has 0 aromatic carbocycles. The molecular formula is C19H20F3N5O2S. The molecule has 5 N–H and O–H groups in total. The largest absolute Gasteiger partial charge is 0.417 e. The van der Waals surface area contributed by atoms with Crippen LogP contribution in [0.15, 0.2) is 29.8 Å². The number of primary amides is 1. The summed E-state index contributed by atoms with van der Waals surface area (Å²) < 4.78 is 40.3. The molecule has 30 heavy (non-hydrogen) atoms. The third-order valence-electron chi connectivity index (χ3n) is 4.84. The molecule has 0 aliphatic rings. The van der Waals surface area contributed by atoms with E-state index in [1.165, 1.54) is 17.4 Å². The predicted molar refractivity (Wildman–Crippen MR) is 106 cm³/mol. The number of aliphatic hydroxyl groups excluding tert-OH is 1. The van der Waals surface area contributed by atoms with E-state index in [0.717, 1.165) is 12.3 Å². The average molecular weight is 439 g/mol. The Morgan fingerprint density at radius 3 is 2.50 bits per heavy atom. The molecule has 3 rings (SSSR count). The molecule has 1 amide bonds. The second kappa shape index (κ2) is 7.82. The number of nitrogens with two attached hydrogens (primary N) is 2. The van der Waals surface area contributed by atoms with Gasteiger partial charge in [-0.3, -0.25) is 9.78 Å². The quantitative estimate of drug-likeness (QED) is 0.545. The van der Waals surface area contributed by atoms with Gasteiger partial charge in [0.2, 0.25) is 0 Å². The van der Waals surface area contributed by atoms with Crippen LogP contribution < -0.4 is 11.5 Å². The lowest BCUT2D eigenvalue weighted by Crippen LogP contribution is -2.42. The number of thiazole rings is 1. The van der Waals surface area contributed by atoms with E-state index in [1.54, 1.807) is 29.9 Å². The lowest BCUT2D eigenvalue weighted by molar-refractivity contribution is -0.137. The molecule has 0 spiro atoms. The van der Waals surface area contributed by atoms with Gasteiger partial charge in [0, 0.05) is 18.1 Å². The maximum absolute atomic E-state index is 12.9. The van der Waals surface area contributed by atoms with Gasteiger partial charge in [-0.25, -0.2) is 4.98 Å². The summed E-state index contributed by atoms with van der Waals surface area (Å²) in [6.07, 6.45) is -3.78. The van der Waals surface area contributed by atoms with E-state index in [0.29, 0.717) is 22.0 Å². The van der Waals surface area contributed by atoms with Gasteiger partial charge >= 0.3 is 6.18 Å². The number of carbonyl (C=O) groups excluding carboxylic acids is 1. The molecule has 160 valence electrons. The maximum Gasteiger partial charge on any atom is 0.417 e. The van der Waals surface area contributed by atoms with E-state index in [1.807, 2.05) is 0 Å². The molecule has 3 aromatic heterocycles. The first kappa shape index (κ1) is 21.9. The van der Waals surface area contributed by atoms with Gasteiger partial charge in [0.05, 0.1) is 29.3 Å². The van der Waals surface area contributed by atoms with Gasteiger partial charge in [-0.2, -0.15) is 13.2 Å². The Hall–Kier alpha value is -2.76. The van der Waals surface area contributed by atoms with Crippen molar-refractivity contribution in [3.63, 3.8) is 0 Å². The number of amides is 1. The third kappa shape index (κ3) is 3.71. The number of aryl methyl sites for hydroxylation is 1. The number of nitrogens with zero attached hydrogens (tertiary/aromatic N) is 3. The summed E-state index contributed by atoms with van der Waals surface area (Å²) in [7, 11) is 0. The second-order valence-corrected chi connectivity index (χ2v) is 7.83. The van der Waals surface area contributed by atoms with Gasteiger partial charge in [-0.1, -0.05) is 0 Å². The normalized spacial score (nSPS) is 14.0. The van der Waals surface area contributed by atoms with Crippen LogP contribution in [0.25, 0.3) is 11.4 Å². The number of aliphatic hydroxyl groups is 1. The first-order valence-corrected chi connectivity index (χ1v) is 9.73. The van der Waals surface area contributed by atoms with Crippen LogP contribution in [0, 0.1) is 6.92 Å². The van der Waals surface area contributed by atoms with Crippen LogP contribution in [-0.4, -0.2) is 32.1 Å². The molecule has 1 unspecified atom stereocenters. The van der Waals surface area contributed by atoms with Crippen molar-refractivity contribution in [3.05, 3.63) is 57.3 Å². The number of pyridine rings is 1. The minimum Gasteiger partial charge on any atom is -0.390 e. The number of carbonyl (C=O) groups is 1. The van der Waals surface area contributed by atoms with Gasteiger partial charge in [0.15, 0.2) is 0 Å². The number of halogens is 3. The molecule has 0 aliphatic carbocycles. The van der Waals surface area contributed by atoms with E-state index in [-0.39, 0.29) is 24.5 Å². The zero-order valence-corrected chi connectivity index (χ0v) is 17.0. The molecule has 3 aromatic rings. The fourth-order valence-corrected chi connectivity index (χ4v) is 4.23. The van der Waals surface area contributed by atoms with E-state index >= 15 is 0 Å². The van der Waals surface area contributed by atoms with E-state index in [4.69, 9.17) is 11.5 Å². The lowest BCUT2D eigenvalue weighted by Gasteiger charge is -2.32.